The summed E-state index contributed by atoms with van der Waals surface area (Å²) in [6.45, 7) is 1.44. The van der Waals surface area contributed by atoms with Crippen molar-refractivity contribution in [1.82, 2.24) is 20.3 Å². The molecule has 0 saturated heterocycles. The predicted octanol–water partition coefficient (Wildman–Crippen LogP) is 3.15. The number of hydrogen-bond acceptors (Lipinski definition) is 5. The average Bonchev–Trinajstić information content (AvgIpc) is 2.49. The van der Waals surface area contributed by atoms with E-state index in [4.69, 9.17) is 23.2 Å². The van der Waals surface area contributed by atoms with Crippen molar-refractivity contribution in [2.45, 2.75) is 17.5 Å². The molecule has 0 aliphatic carbocycles. The number of nitrogens with zero attached hydrogens (tertiary/aromatic N) is 3. The molecule has 0 aromatic carbocycles. The standard InChI is InChI=1S/C13H14Cl2N4S/c14-3-7-16-8-10-2-6-17-11(12(10)15)9-20-13-18-4-1-5-19-13/h1-2,4-6,16H,3,7-9H2. The summed E-state index contributed by atoms with van der Waals surface area (Å²) in [6.07, 6.45) is 5.21. The molecule has 1 N–H and O–H groups in total. The number of alkyl halides is 1. The van der Waals surface area contributed by atoms with E-state index < -0.39 is 0 Å². The first kappa shape index (κ1) is 15.5. The Morgan fingerprint density at radius 3 is 2.70 bits per heavy atom. The van der Waals surface area contributed by atoms with E-state index in [9.17, 15) is 0 Å². The van der Waals surface area contributed by atoms with Crippen LogP contribution in [0.25, 0.3) is 0 Å². The van der Waals surface area contributed by atoms with Gasteiger partial charge in [0.1, 0.15) is 0 Å². The van der Waals surface area contributed by atoms with Crippen LogP contribution in [0.4, 0.5) is 0 Å². The summed E-state index contributed by atoms with van der Waals surface area (Å²) in [4.78, 5) is 12.6. The van der Waals surface area contributed by atoms with E-state index >= 15 is 0 Å². The summed E-state index contributed by atoms with van der Waals surface area (Å²) in [7, 11) is 0. The van der Waals surface area contributed by atoms with Crippen molar-refractivity contribution in [3.63, 3.8) is 0 Å². The summed E-state index contributed by atoms with van der Waals surface area (Å²) in [5.74, 6) is 1.23. The van der Waals surface area contributed by atoms with E-state index in [0.717, 1.165) is 23.0 Å². The summed E-state index contributed by atoms with van der Waals surface area (Å²) in [6, 6.07) is 3.70. The maximum absolute atomic E-state index is 6.36. The van der Waals surface area contributed by atoms with Gasteiger partial charge in [0.25, 0.3) is 0 Å². The highest BCUT2D eigenvalue weighted by Gasteiger charge is 2.08. The number of hydrogen-bond donors (Lipinski definition) is 1. The van der Waals surface area contributed by atoms with E-state index in [1.165, 1.54) is 11.8 Å². The van der Waals surface area contributed by atoms with E-state index in [-0.39, 0.29) is 0 Å². The van der Waals surface area contributed by atoms with Gasteiger partial charge in [-0.1, -0.05) is 23.4 Å². The summed E-state index contributed by atoms with van der Waals surface area (Å²) >= 11 is 13.5. The van der Waals surface area contributed by atoms with Crippen LogP contribution in [0.1, 0.15) is 11.3 Å². The molecular formula is C13H14Cl2N4S. The SMILES string of the molecule is ClCCNCc1ccnc(CSc2ncccn2)c1Cl. The van der Waals surface area contributed by atoms with Crippen molar-refractivity contribution in [2.24, 2.45) is 0 Å². The Morgan fingerprint density at radius 1 is 1.15 bits per heavy atom. The van der Waals surface area contributed by atoms with Gasteiger partial charge in [-0.25, -0.2) is 9.97 Å². The molecule has 0 fully saturated rings. The monoisotopic (exact) mass is 328 g/mol. The van der Waals surface area contributed by atoms with Gasteiger partial charge >= 0.3 is 0 Å². The second kappa shape index (κ2) is 8.42. The molecule has 0 atom stereocenters. The Kier molecular flexibility index (Phi) is 6.53. The second-order valence-electron chi connectivity index (χ2n) is 3.92. The number of nitrogens with one attached hydrogen (secondary N) is 1. The minimum Gasteiger partial charge on any atom is -0.311 e. The third-order valence-electron chi connectivity index (χ3n) is 2.51. The van der Waals surface area contributed by atoms with Gasteiger partial charge in [0.2, 0.25) is 0 Å². The number of thioether (sulfide) groups is 1. The molecule has 0 aliphatic heterocycles. The zero-order valence-electron chi connectivity index (χ0n) is 10.7. The van der Waals surface area contributed by atoms with Gasteiger partial charge in [0.15, 0.2) is 5.16 Å². The van der Waals surface area contributed by atoms with Crippen molar-refractivity contribution in [3.8, 4) is 0 Å². The molecular weight excluding hydrogens is 315 g/mol. The van der Waals surface area contributed by atoms with Gasteiger partial charge in [-0.3, -0.25) is 4.98 Å². The molecule has 2 aromatic rings. The Labute approximate surface area is 132 Å². The van der Waals surface area contributed by atoms with Gasteiger partial charge < -0.3 is 5.32 Å². The topological polar surface area (TPSA) is 50.7 Å². The first-order chi connectivity index (χ1) is 9.81. The fourth-order valence-electron chi connectivity index (χ4n) is 1.55. The fraction of sp³-hybridized carbons (Fsp3) is 0.308. The van der Waals surface area contributed by atoms with E-state index in [0.29, 0.717) is 23.2 Å². The molecule has 2 aromatic heterocycles. The average molecular weight is 329 g/mol. The molecule has 0 amide bonds. The molecule has 106 valence electrons. The second-order valence-corrected chi connectivity index (χ2v) is 5.61. The van der Waals surface area contributed by atoms with E-state index in [1.807, 2.05) is 6.07 Å². The summed E-state index contributed by atoms with van der Waals surface area (Å²) in [5, 5.41) is 4.63. The van der Waals surface area contributed by atoms with Crippen LogP contribution in [0, 0.1) is 0 Å². The van der Waals surface area contributed by atoms with Crippen LogP contribution in [0.2, 0.25) is 5.02 Å². The predicted molar refractivity (Wildman–Crippen MR) is 83.3 cm³/mol. The third-order valence-corrected chi connectivity index (χ3v) is 4.04. The zero-order valence-corrected chi connectivity index (χ0v) is 13.0. The maximum atomic E-state index is 6.36. The minimum atomic E-state index is 0.580. The lowest BCUT2D eigenvalue weighted by atomic mass is 10.2. The molecule has 7 heteroatoms. The molecule has 0 unspecified atom stereocenters. The van der Waals surface area contributed by atoms with Crippen molar-refractivity contribution in [3.05, 3.63) is 47.0 Å². The maximum Gasteiger partial charge on any atom is 0.187 e. The summed E-state index contributed by atoms with van der Waals surface area (Å²) in [5.41, 5.74) is 1.87. The lowest BCUT2D eigenvalue weighted by Crippen LogP contribution is -2.16. The van der Waals surface area contributed by atoms with Gasteiger partial charge in [-0.05, 0) is 17.7 Å². The molecule has 0 aliphatic rings. The van der Waals surface area contributed by atoms with Gasteiger partial charge in [-0.2, -0.15) is 0 Å². The Hall–Kier alpha value is -0.880. The fourth-order valence-corrected chi connectivity index (χ4v) is 2.77. The highest BCUT2D eigenvalue weighted by atomic mass is 35.5. The lowest BCUT2D eigenvalue weighted by molar-refractivity contribution is 0.728. The van der Waals surface area contributed by atoms with Gasteiger partial charge in [0, 0.05) is 43.3 Å². The Bertz CT molecular complexity index is 539. The number of halogens is 2. The Balaban J connectivity index is 1.99. The molecule has 0 saturated carbocycles. The quantitative estimate of drug-likeness (QED) is 0.366. The van der Waals surface area contributed by atoms with Crippen LogP contribution in [0.5, 0.6) is 0 Å². The Morgan fingerprint density at radius 2 is 1.95 bits per heavy atom. The van der Waals surface area contributed by atoms with Crippen molar-refractivity contribution >= 4 is 35.0 Å². The normalized spacial score (nSPS) is 10.7. The zero-order chi connectivity index (χ0) is 14.2. The number of aromatic nitrogens is 3. The molecule has 2 heterocycles. The van der Waals surface area contributed by atoms with Crippen molar-refractivity contribution in [2.75, 3.05) is 12.4 Å². The van der Waals surface area contributed by atoms with Crippen molar-refractivity contribution in [1.29, 1.82) is 0 Å². The van der Waals surface area contributed by atoms with Crippen LogP contribution in [0.15, 0.2) is 35.9 Å². The molecule has 0 spiro atoms. The van der Waals surface area contributed by atoms with Crippen LogP contribution in [0.3, 0.4) is 0 Å². The molecule has 20 heavy (non-hydrogen) atoms. The van der Waals surface area contributed by atoms with Gasteiger partial charge in [-0.15, -0.1) is 11.6 Å². The molecule has 0 radical (unpaired) electrons. The first-order valence-corrected chi connectivity index (χ1v) is 8.00. The molecule has 4 nitrogen and oxygen atoms in total. The van der Waals surface area contributed by atoms with Crippen LogP contribution >= 0.6 is 35.0 Å². The highest BCUT2D eigenvalue weighted by Crippen LogP contribution is 2.25. The smallest absolute Gasteiger partial charge is 0.187 e. The number of pyridine rings is 1. The van der Waals surface area contributed by atoms with E-state index in [1.54, 1.807) is 24.7 Å². The van der Waals surface area contributed by atoms with Gasteiger partial charge in [0.05, 0.1) is 10.7 Å². The summed E-state index contributed by atoms with van der Waals surface area (Å²) < 4.78 is 0. The highest BCUT2D eigenvalue weighted by molar-refractivity contribution is 7.98. The van der Waals surface area contributed by atoms with Crippen molar-refractivity contribution < 1.29 is 0 Å². The number of rotatable bonds is 7. The van der Waals surface area contributed by atoms with Crippen LogP contribution in [-0.4, -0.2) is 27.4 Å². The van der Waals surface area contributed by atoms with E-state index in [2.05, 4.69) is 20.3 Å². The molecule has 0 bridgehead atoms. The third kappa shape index (κ3) is 4.59. The minimum absolute atomic E-state index is 0.580. The molecule has 2 rings (SSSR count). The largest absolute Gasteiger partial charge is 0.311 e. The first-order valence-electron chi connectivity index (χ1n) is 6.10. The van der Waals surface area contributed by atoms with Crippen LogP contribution < -0.4 is 5.32 Å². The van der Waals surface area contributed by atoms with Crippen LogP contribution in [-0.2, 0) is 12.3 Å². The lowest BCUT2D eigenvalue weighted by Gasteiger charge is -2.08.